The zero-order valence-corrected chi connectivity index (χ0v) is 21.7. The molecule has 1 fully saturated rings. The average Bonchev–Trinajstić information content (AvgIpc) is 3.39. The van der Waals surface area contributed by atoms with Crippen molar-refractivity contribution < 1.29 is 33.9 Å². The molecule has 0 unspecified atom stereocenters. The van der Waals surface area contributed by atoms with Gasteiger partial charge in [0.05, 0.1) is 12.6 Å². The standard InChI is InChI=1S/C20H27N9O7S/c1-9-25-28-29(26-9)7-10-12(14(30)21-10)23-15(31)13(27-36-20(5,6)16(32)33)11-8-37-17(22-11)24-18(34)35-19(2,3)4/h8,10,12H,7H2,1-6H3,(H,21,30)(H,23,31)(H,32,33)(H,22,24,34)/t10-,12+/m1/s1. The number of tetrazole rings is 1. The first-order chi connectivity index (χ1) is 17.1. The van der Waals surface area contributed by atoms with E-state index in [4.69, 9.17) is 9.57 Å². The van der Waals surface area contributed by atoms with Crippen LogP contribution in [0.3, 0.4) is 0 Å². The van der Waals surface area contributed by atoms with E-state index in [0.29, 0.717) is 5.82 Å². The summed E-state index contributed by atoms with van der Waals surface area (Å²) in [6.45, 7) is 9.37. The predicted molar refractivity (Wildman–Crippen MR) is 128 cm³/mol. The Bertz CT molecular complexity index is 1230. The Hall–Kier alpha value is -4.15. The predicted octanol–water partition coefficient (Wildman–Crippen LogP) is 0.0523. The molecule has 0 bridgehead atoms. The molecule has 17 heteroatoms. The first-order valence-electron chi connectivity index (χ1n) is 11.0. The number of oxime groups is 1. The lowest BCUT2D eigenvalue weighted by Crippen LogP contribution is -2.70. The van der Waals surface area contributed by atoms with Gasteiger partial charge in [0.2, 0.25) is 11.5 Å². The van der Waals surface area contributed by atoms with E-state index in [1.165, 1.54) is 24.0 Å². The summed E-state index contributed by atoms with van der Waals surface area (Å²) in [6.07, 6.45) is -0.759. The highest BCUT2D eigenvalue weighted by Crippen LogP contribution is 2.20. The largest absolute Gasteiger partial charge is 0.478 e. The van der Waals surface area contributed by atoms with Crippen molar-refractivity contribution in [2.75, 3.05) is 5.32 Å². The number of carboxylic acids is 1. The molecule has 16 nitrogen and oxygen atoms in total. The van der Waals surface area contributed by atoms with E-state index in [1.807, 2.05) is 0 Å². The molecule has 2 aromatic rings. The Morgan fingerprint density at radius 3 is 2.54 bits per heavy atom. The number of aliphatic carboxylic acids is 1. The van der Waals surface area contributed by atoms with E-state index >= 15 is 0 Å². The number of hydrogen-bond acceptors (Lipinski definition) is 12. The number of carbonyl (C=O) groups is 4. The Kier molecular flexibility index (Phi) is 7.75. The van der Waals surface area contributed by atoms with Gasteiger partial charge in [-0.25, -0.2) is 14.6 Å². The molecule has 37 heavy (non-hydrogen) atoms. The minimum Gasteiger partial charge on any atom is -0.478 e. The van der Waals surface area contributed by atoms with E-state index in [0.717, 1.165) is 11.3 Å². The average molecular weight is 538 g/mol. The maximum absolute atomic E-state index is 13.2. The number of aromatic nitrogens is 5. The molecule has 0 aromatic carbocycles. The number of anilines is 1. The van der Waals surface area contributed by atoms with E-state index in [2.05, 4.69) is 41.5 Å². The summed E-state index contributed by atoms with van der Waals surface area (Å²) >= 11 is 0.971. The van der Waals surface area contributed by atoms with Gasteiger partial charge in [0.25, 0.3) is 5.91 Å². The Morgan fingerprint density at radius 1 is 1.27 bits per heavy atom. The summed E-state index contributed by atoms with van der Waals surface area (Å²) in [5, 5.41) is 33.8. The molecule has 1 saturated heterocycles. The second-order valence-electron chi connectivity index (χ2n) is 9.47. The fourth-order valence-electron chi connectivity index (χ4n) is 2.78. The third kappa shape index (κ3) is 7.18. The highest BCUT2D eigenvalue weighted by Gasteiger charge is 2.42. The second-order valence-corrected chi connectivity index (χ2v) is 10.3. The van der Waals surface area contributed by atoms with Crippen molar-refractivity contribution in [3.8, 4) is 0 Å². The van der Waals surface area contributed by atoms with Gasteiger partial charge in [0, 0.05) is 5.38 Å². The van der Waals surface area contributed by atoms with Crippen LogP contribution in [-0.4, -0.2) is 83.2 Å². The number of β-lactam (4-membered cyclic amide) rings is 1. The van der Waals surface area contributed by atoms with Crippen molar-refractivity contribution in [3.05, 3.63) is 16.9 Å². The molecule has 0 radical (unpaired) electrons. The van der Waals surface area contributed by atoms with Gasteiger partial charge in [-0.2, -0.15) is 4.80 Å². The minimum absolute atomic E-state index is 0.0282. The Labute approximate surface area is 214 Å². The Balaban J connectivity index is 1.79. The number of carbonyl (C=O) groups excluding carboxylic acids is 3. The molecule has 0 saturated carbocycles. The number of amides is 3. The third-order valence-corrected chi connectivity index (χ3v) is 5.42. The topological polar surface area (TPSA) is 212 Å². The highest BCUT2D eigenvalue weighted by atomic mass is 32.1. The van der Waals surface area contributed by atoms with Gasteiger partial charge in [0.15, 0.2) is 16.7 Å². The van der Waals surface area contributed by atoms with Crippen molar-refractivity contribution in [1.82, 2.24) is 35.8 Å². The molecular weight excluding hydrogens is 510 g/mol. The number of nitrogens with zero attached hydrogens (tertiary/aromatic N) is 6. The van der Waals surface area contributed by atoms with Crippen LogP contribution in [-0.2, 0) is 30.5 Å². The SMILES string of the molecule is Cc1nnn(C[C@H]2NC(=O)[C@H]2NC(=O)C(=NOC(C)(C)C(=O)O)c2csc(NC(=O)OC(C)(C)C)n2)n1. The molecule has 3 heterocycles. The summed E-state index contributed by atoms with van der Waals surface area (Å²) in [4.78, 5) is 59.4. The van der Waals surface area contributed by atoms with E-state index in [-0.39, 0.29) is 17.4 Å². The first kappa shape index (κ1) is 27.4. The lowest BCUT2D eigenvalue weighted by molar-refractivity contribution is -0.161. The van der Waals surface area contributed by atoms with Gasteiger partial charge in [-0.05, 0) is 46.8 Å². The lowest BCUT2D eigenvalue weighted by Gasteiger charge is -2.36. The van der Waals surface area contributed by atoms with Crippen LogP contribution in [0, 0.1) is 6.92 Å². The van der Waals surface area contributed by atoms with E-state index < -0.39 is 52.9 Å². The van der Waals surface area contributed by atoms with Gasteiger partial charge < -0.3 is 25.3 Å². The summed E-state index contributed by atoms with van der Waals surface area (Å²) in [6, 6.07) is -1.50. The zero-order valence-electron chi connectivity index (χ0n) is 20.9. The number of carboxylic acid groups (broad SMARTS) is 1. The lowest BCUT2D eigenvalue weighted by atomic mass is 9.98. The maximum Gasteiger partial charge on any atom is 0.413 e. The number of ether oxygens (including phenoxy) is 1. The number of hydrogen-bond donors (Lipinski definition) is 4. The van der Waals surface area contributed by atoms with Crippen LogP contribution in [0.25, 0.3) is 0 Å². The van der Waals surface area contributed by atoms with Crippen LogP contribution in [0.15, 0.2) is 10.5 Å². The van der Waals surface area contributed by atoms with Crippen LogP contribution < -0.4 is 16.0 Å². The fraction of sp³-hybridized carbons (Fsp3) is 0.550. The van der Waals surface area contributed by atoms with Gasteiger partial charge in [-0.15, -0.1) is 21.5 Å². The zero-order chi connectivity index (χ0) is 27.5. The number of rotatable bonds is 9. The molecule has 200 valence electrons. The molecule has 4 N–H and O–H groups in total. The van der Waals surface area contributed by atoms with Crippen LogP contribution in [0.1, 0.15) is 46.1 Å². The van der Waals surface area contributed by atoms with Gasteiger partial charge in [-0.3, -0.25) is 14.9 Å². The van der Waals surface area contributed by atoms with Crippen molar-refractivity contribution in [3.63, 3.8) is 0 Å². The molecule has 2 atom stereocenters. The molecule has 3 amide bonds. The van der Waals surface area contributed by atoms with Gasteiger partial charge >= 0.3 is 12.1 Å². The molecule has 1 aliphatic rings. The highest BCUT2D eigenvalue weighted by molar-refractivity contribution is 7.14. The van der Waals surface area contributed by atoms with Crippen molar-refractivity contribution in [2.24, 2.45) is 5.16 Å². The normalized spacial score (nSPS) is 17.9. The van der Waals surface area contributed by atoms with E-state index in [1.54, 1.807) is 27.7 Å². The van der Waals surface area contributed by atoms with Crippen molar-refractivity contribution in [2.45, 2.75) is 71.4 Å². The summed E-state index contributed by atoms with van der Waals surface area (Å²) in [5.74, 6) is -2.19. The number of nitrogens with one attached hydrogen (secondary N) is 3. The molecular formula is C20H27N9O7S. The van der Waals surface area contributed by atoms with Crippen LogP contribution in [0.2, 0.25) is 0 Å². The van der Waals surface area contributed by atoms with Crippen LogP contribution >= 0.6 is 11.3 Å². The second kappa shape index (κ2) is 10.5. The van der Waals surface area contributed by atoms with Crippen molar-refractivity contribution in [1.29, 1.82) is 0 Å². The quantitative estimate of drug-likeness (QED) is 0.191. The monoisotopic (exact) mass is 537 g/mol. The Morgan fingerprint density at radius 2 is 1.97 bits per heavy atom. The third-order valence-electron chi connectivity index (χ3n) is 4.66. The fourth-order valence-corrected chi connectivity index (χ4v) is 3.46. The molecule has 1 aliphatic heterocycles. The summed E-state index contributed by atoms with van der Waals surface area (Å²) < 4.78 is 5.18. The van der Waals surface area contributed by atoms with E-state index in [9.17, 15) is 24.3 Å². The van der Waals surface area contributed by atoms with Crippen LogP contribution in [0.5, 0.6) is 0 Å². The molecule has 0 spiro atoms. The summed E-state index contributed by atoms with van der Waals surface area (Å²) in [7, 11) is 0. The maximum atomic E-state index is 13.2. The van der Waals surface area contributed by atoms with Gasteiger partial charge in [0.1, 0.15) is 17.3 Å². The van der Waals surface area contributed by atoms with Gasteiger partial charge in [-0.1, -0.05) is 5.16 Å². The van der Waals surface area contributed by atoms with Crippen LogP contribution in [0.4, 0.5) is 9.93 Å². The summed E-state index contributed by atoms with van der Waals surface area (Å²) in [5.41, 5.74) is -2.95. The first-order valence-corrected chi connectivity index (χ1v) is 11.8. The molecule has 2 aromatic heterocycles. The molecule has 0 aliphatic carbocycles. The smallest absolute Gasteiger partial charge is 0.413 e. The number of thiazole rings is 1. The minimum atomic E-state index is -1.77. The number of aryl methyl sites for hydroxylation is 1. The molecule has 3 rings (SSSR count). The van der Waals surface area contributed by atoms with Crippen molar-refractivity contribution >= 4 is 46.1 Å².